The molecule has 1 fully saturated rings. The Hall–Kier alpha value is -1.99. The Labute approximate surface area is 156 Å². The molecular weight excluding hydrogens is 354 g/mol. The molecule has 0 spiro atoms. The predicted molar refractivity (Wildman–Crippen MR) is 103 cm³/mol. The average molecular weight is 376 g/mol. The van der Waals surface area contributed by atoms with Crippen molar-refractivity contribution in [2.75, 3.05) is 32.0 Å². The highest BCUT2D eigenvalue weighted by Crippen LogP contribution is 2.40. The number of hydrogen-bond acceptors (Lipinski definition) is 5. The van der Waals surface area contributed by atoms with Gasteiger partial charge in [-0.15, -0.1) is 11.3 Å². The highest BCUT2D eigenvalue weighted by molar-refractivity contribution is 7.16. The molecule has 1 aromatic heterocycles. The third-order valence-electron chi connectivity index (χ3n) is 5.16. The summed E-state index contributed by atoms with van der Waals surface area (Å²) in [6.07, 6.45) is 1.06. The maximum absolute atomic E-state index is 13.8. The number of aliphatic imine (C=N–C) groups is 1. The number of fused-ring (bicyclic) bond motifs is 2. The van der Waals surface area contributed by atoms with Gasteiger partial charge in [0.25, 0.3) is 0 Å². The lowest BCUT2D eigenvalue weighted by molar-refractivity contribution is 0.138. The van der Waals surface area contributed by atoms with E-state index in [9.17, 15) is 8.78 Å². The quantitative estimate of drug-likeness (QED) is 0.795. The minimum Gasteiger partial charge on any atom is -0.353 e. The molecule has 2 aliphatic rings. The van der Waals surface area contributed by atoms with Gasteiger partial charge < -0.3 is 10.2 Å². The molecular formula is C19H22F2N4S. The molecule has 4 rings (SSSR count). The van der Waals surface area contributed by atoms with Crippen LogP contribution in [0, 0.1) is 18.6 Å². The first-order valence-corrected chi connectivity index (χ1v) is 9.68. The van der Waals surface area contributed by atoms with Crippen molar-refractivity contribution in [2.24, 2.45) is 4.99 Å². The van der Waals surface area contributed by atoms with Crippen LogP contribution in [-0.4, -0.2) is 48.4 Å². The summed E-state index contributed by atoms with van der Waals surface area (Å²) in [6, 6.07) is 4.92. The van der Waals surface area contributed by atoms with Gasteiger partial charge in [0.05, 0.1) is 16.9 Å². The summed E-state index contributed by atoms with van der Waals surface area (Å²) in [6.45, 7) is 6.92. The fourth-order valence-corrected chi connectivity index (χ4v) is 4.54. The lowest BCUT2D eigenvalue weighted by Crippen LogP contribution is -2.53. The second-order valence-corrected chi connectivity index (χ2v) is 8.19. The van der Waals surface area contributed by atoms with Crippen LogP contribution in [0.1, 0.15) is 23.8 Å². The van der Waals surface area contributed by atoms with E-state index < -0.39 is 11.6 Å². The lowest BCUT2D eigenvalue weighted by Gasteiger charge is -2.40. The SMILES string of the molecule is CC[C@H]1CN(C2=Nc3cc(F)c(F)cc3Nc3sc(C)cc32)CCN1C. The monoisotopic (exact) mass is 376 g/mol. The first-order chi connectivity index (χ1) is 12.5. The zero-order valence-corrected chi connectivity index (χ0v) is 16.0. The number of rotatable bonds is 1. The van der Waals surface area contributed by atoms with Gasteiger partial charge in [-0.25, -0.2) is 13.8 Å². The van der Waals surface area contributed by atoms with Crippen molar-refractivity contribution >= 4 is 33.5 Å². The van der Waals surface area contributed by atoms with Gasteiger partial charge >= 0.3 is 0 Å². The molecule has 1 saturated heterocycles. The number of nitrogens with one attached hydrogen (secondary N) is 1. The van der Waals surface area contributed by atoms with Crippen LogP contribution in [0.2, 0.25) is 0 Å². The fourth-order valence-electron chi connectivity index (χ4n) is 3.62. The third kappa shape index (κ3) is 2.99. The number of likely N-dealkylation sites (N-methyl/N-ethyl adjacent to an activating group) is 1. The van der Waals surface area contributed by atoms with Gasteiger partial charge in [0.2, 0.25) is 0 Å². The number of amidine groups is 1. The van der Waals surface area contributed by atoms with Crippen molar-refractivity contribution in [3.05, 3.63) is 40.3 Å². The third-order valence-corrected chi connectivity index (χ3v) is 6.12. The van der Waals surface area contributed by atoms with Crippen molar-refractivity contribution in [2.45, 2.75) is 26.3 Å². The summed E-state index contributed by atoms with van der Waals surface area (Å²) in [5.41, 5.74) is 1.94. The summed E-state index contributed by atoms with van der Waals surface area (Å²) in [5.74, 6) is -0.900. The Kier molecular flexibility index (Phi) is 4.44. The standard InChI is InChI=1S/C19H22F2N4S/c1-4-12-10-25(6-5-24(12)3)18-13-7-11(2)26-19(13)23-17-9-15(21)14(20)8-16(17)22-18/h7-9,12,23H,4-6,10H2,1-3H3/t12-/m0/s1. The lowest BCUT2D eigenvalue weighted by atomic mass is 10.1. The number of thiophene rings is 1. The molecule has 0 aliphatic carbocycles. The van der Waals surface area contributed by atoms with E-state index in [1.807, 2.05) is 6.92 Å². The van der Waals surface area contributed by atoms with Gasteiger partial charge in [0.15, 0.2) is 11.6 Å². The van der Waals surface area contributed by atoms with E-state index in [0.29, 0.717) is 17.4 Å². The molecule has 0 bridgehead atoms. The van der Waals surface area contributed by atoms with Crippen LogP contribution in [0.25, 0.3) is 0 Å². The van der Waals surface area contributed by atoms with Gasteiger partial charge in [-0.2, -0.15) is 0 Å². The Morgan fingerprint density at radius 3 is 2.77 bits per heavy atom. The maximum atomic E-state index is 13.8. The summed E-state index contributed by atoms with van der Waals surface area (Å²) in [7, 11) is 2.15. The second-order valence-electron chi connectivity index (χ2n) is 6.93. The molecule has 0 unspecified atom stereocenters. The zero-order valence-electron chi connectivity index (χ0n) is 15.1. The van der Waals surface area contributed by atoms with Crippen LogP contribution in [-0.2, 0) is 0 Å². The minimum atomic E-state index is -0.875. The van der Waals surface area contributed by atoms with E-state index in [2.05, 4.69) is 35.2 Å². The molecule has 1 aromatic carbocycles. The smallest absolute Gasteiger partial charge is 0.161 e. The molecule has 2 aliphatic heterocycles. The van der Waals surface area contributed by atoms with E-state index in [1.54, 1.807) is 11.3 Å². The van der Waals surface area contributed by atoms with Crippen molar-refractivity contribution in [1.82, 2.24) is 9.80 Å². The summed E-state index contributed by atoms with van der Waals surface area (Å²) in [5, 5.41) is 4.18. The summed E-state index contributed by atoms with van der Waals surface area (Å²) < 4.78 is 27.5. The molecule has 7 heteroatoms. The van der Waals surface area contributed by atoms with E-state index in [0.717, 1.165) is 47.3 Å². The van der Waals surface area contributed by atoms with Gasteiger partial charge in [0.1, 0.15) is 10.8 Å². The number of nitrogens with zero attached hydrogens (tertiary/aromatic N) is 3. The maximum Gasteiger partial charge on any atom is 0.161 e. The molecule has 3 heterocycles. The van der Waals surface area contributed by atoms with E-state index >= 15 is 0 Å². The molecule has 0 radical (unpaired) electrons. The topological polar surface area (TPSA) is 30.9 Å². The molecule has 4 nitrogen and oxygen atoms in total. The van der Waals surface area contributed by atoms with Crippen molar-refractivity contribution in [3.63, 3.8) is 0 Å². The molecule has 1 N–H and O–H groups in total. The van der Waals surface area contributed by atoms with Gasteiger partial charge in [-0.3, -0.25) is 4.90 Å². The molecule has 138 valence electrons. The molecule has 0 amide bonds. The molecule has 1 atom stereocenters. The van der Waals surface area contributed by atoms with E-state index in [1.165, 1.54) is 12.1 Å². The number of anilines is 2. The Bertz CT molecular complexity index is 877. The van der Waals surface area contributed by atoms with Crippen molar-refractivity contribution in [1.29, 1.82) is 0 Å². The molecule has 26 heavy (non-hydrogen) atoms. The Balaban J connectivity index is 1.82. The zero-order chi connectivity index (χ0) is 18.4. The fraction of sp³-hybridized carbons (Fsp3) is 0.421. The highest BCUT2D eigenvalue weighted by Gasteiger charge is 2.29. The number of halogens is 2. The number of hydrogen-bond donors (Lipinski definition) is 1. The number of piperazine rings is 1. The van der Waals surface area contributed by atoms with Crippen LogP contribution < -0.4 is 5.32 Å². The second kappa shape index (κ2) is 6.63. The normalized spacial score (nSPS) is 20.1. The van der Waals surface area contributed by atoms with Crippen LogP contribution in [0.4, 0.5) is 25.2 Å². The van der Waals surface area contributed by atoms with E-state index in [4.69, 9.17) is 4.99 Å². The van der Waals surface area contributed by atoms with Gasteiger partial charge in [0, 0.05) is 42.7 Å². The first-order valence-electron chi connectivity index (χ1n) is 8.87. The predicted octanol–water partition coefficient (Wildman–Crippen LogP) is 4.50. The van der Waals surface area contributed by atoms with Crippen molar-refractivity contribution in [3.8, 4) is 0 Å². The van der Waals surface area contributed by atoms with Crippen LogP contribution in [0.3, 0.4) is 0 Å². The molecule has 2 aromatic rings. The Morgan fingerprint density at radius 1 is 1.23 bits per heavy atom. The number of benzene rings is 1. The molecule has 0 saturated carbocycles. The average Bonchev–Trinajstić information content (AvgIpc) is 2.91. The van der Waals surface area contributed by atoms with Crippen LogP contribution >= 0.6 is 11.3 Å². The Morgan fingerprint density at radius 2 is 2.00 bits per heavy atom. The van der Waals surface area contributed by atoms with Gasteiger partial charge in [-0.05, 0) is 26.5 Å². The summed E-state index contributed by atoms with van der Waals surface area (Å²) >= 11 is 1.61. The largest absolute Gasteiger partial charge is 0.353 e. The first kappa shape index (κ1) is 17.4. The van der Waals surface area contributed by atoms with Crippen LogP contribution in [0.15, 0.2) is 23.2 Å². The van der Waals surface area contributed by atoms with Crippen molar-refractivity contribution < 1.29 is 8.78 Å². The van der Waals surface area contributed by atoms with E-state index in [-0.39, 0.29) is 0 Å². The van der Waals surface area contributed by atoms with Gasteiger partial charge in [-0.1, -0.05) is 6.92 Å². The summed E-state index contributed by atoms with van der Waals surface area (Å²) in [4.78, 5) is 10.6. The number of aryl methyl sites for hydroxylation is 1. The minimum absolute atomic E-state index is 0.437. The highest BCUT2D eigenvalue weighted by atomic mass is 32.1. The van der Waals surface area contributed by atoms with Crippen LogP contribution in [0.5, 0.6) is 0 Å².